The minimum Gasteiger partial charge on any atom is -0.482 e. The van der Waals surface area contributed by atoms with Crippen LogP contribution in [0.4, 0.5) is 5.69 Å². The smallest absolute Gasteiger partial charge is 0.262 e. The Morgan fingerprint density at radius 1 is 1.45 bits per heavy atom. The second-order valence-corrected chi connectivity index (χ2v) is 5.82. The van der Waals surface area contributed by atoms with Gasteiger partial charge in [-0.15, -0.1) is 0 Å². The van der Waals surface area contributed by atoms with Gasteiger partial charge in [-0.05, 0) is 48.9 Å². The number of nitrogens with one attached hydrogen (secondary N) is 2. The first kappa shape index (κ1) is 13.4. The molecule has 0 radical (unpaired) electrons. The van der Waals surface area contributed by atoms with Crippen molar-refractivity contribution in [3.8, 4) is 5.75 Å². The van der Waals surface area contributed by atoms with Crippen molar-refractivity contribution in [2.24, 2.45) is 11.8 Å². The normalized spacial score (nSPS) is 20.6. The van der Waals surface area contributed by atoms with Crippen LogP contribution in [0.25, 0.3) is 0 Å². The first-order valence-corrected chi connectivity index (χ1v) is 7.49. The Morgan fingerprint density at radius 2 is 2.25 bits per heavy atom. The van der Waals surface area contributed by atoms with Gasteiger partial charge in [0, 0.05) is 6.04 Å². The molecule has 0 bridgehead atoms. The summed E-state index contributed by atoms with van der Waals surface area (Å²) in [5, 5.41) is 6.47. The molecule has 1 aliphatic carbocycles. The number of rotatable bonds is 5. The van der Waals surface area contributed by atoms with Crippen molar-refractivity contribution in [2.75, 3.05) is 18.5 Å². The number of hydrogen-bond donors (Lipinski definition) is 2. The van der Waals surface area contributed by atoms with E-state index in [1.807, 2.05) is 6.07 Å². The molecule has 2 atom stereocenters. The maximum absolute atomic E-state index is 11.4. The van der Waals surface area contributed by atoms with E-state index in [2.05, 4.69) is 36.6 Å². The van der Waals surface area contributed by atoms with Crippen LogP contribution in [-0.2, 0) is 4.79 Å². The van der Waals surface area contributed by atoms with Crippen LogP contribution in [0.2, 0.25) is 0 Å². The van der Waals surface area contributed by atoms with Crippen molar-refractivity contribution < 1.29 is 9.53 Å². The lowest BCUT2D eigenvalue weighted by Gasteiger charge is -2.27. The molecular weight excluding hydrogens is 252 g/mol. The molecule has 1 amide bonds. The molecular formula is C16H22N2O2. The Balaban J connectivity index is 1.86. The Kier molecular flexibility index (Phi) is 3.66. The zero-order valence-electron chi connectivity index (χ0n) is 12.1. The number of amides is 1. The van der Waals surface area contributed by atoms with Gasteiger partial charge >= 0.3 is 0 Å². The monoisotopic (exact) mass is 274 g/mol. The molecule has 1 aromatic carbocycles. The standard InChI is InChI=1S/C16H22N2O2/c1-3-17-16(10(2)11-4-5-11)12-6-7-14-13(8-12)18-15(19)9-20-14/h6-8,10-11,16-17H,3-5,9H2,1-2H3,(H,18,19). The second-order valence-electron chi connectivity index (χ2n) is 5.82. The maximum atomic E-state index is 11.4. The lowest BCUT2D eigenvalue weighted by atomic mass is 9.90. The average Bonchev–Trinajstić information content (AvgIpc) is 3.28. The summed E-state index contributed by atoms with van der Waals surface area (Å²) in [5.74, 6) is 2.14. The van der Waals surface area contributed by atoms with Crippen LogP contribution >= 0.6 is 0 Å². The zero-order valence-corrected chi connectivity index (χ0v) is 12.1. The highest BCUT2D eigenvalue weighted by Crippen LogP contribution is 2.43. The van der Waals surface area contributed by atoms with E-state index in [0.29, 0.717) is 12.0 Å². The van der Waals surface area contributed by atoms with Gasteiger partial charge in [-0.1, -0.05) is 19.9 Å². The van der Waals surface area contributed by atoms with E-state index in [9.17, 15) is 4.79 Å². The Bertz CT molecular complexity index is 511. The quantitative estimate of drug-likeness (QED) is 0.868. The summed E-state index contributed by atoms with van der Waals surface area (Å²) in [6.07, 6.45) is 2.68. The van der Waals surface area contributed by atoms with Gasteiger partial charge in [0.05, 0.1) is 5.69 Å². The Morgan fingerprint density at radius 3 is 2.95 bits per heavy atom. The fourth-order valence-corrected chi connectivity index (χ4v) is 3.02. The van der Waals surface area contributed by atoms with E-state index in [1.165, 1.54) is 18.4 Å². The molecule has 1 saturated carbocycles. The highest BCUT2D eigenvalue weighted by molar-refractivity contribution is 5.95. The van der Waals surface area contributed by atoms with E-state index in [1.54, 1.807) is 0 Å². The number of carbonyl (C=O) groups is 1. The van der Waals surface area contributed by atoms with E-state index < -0.39 is 0 Å². The fraction of sp³-hybridized carbons (Fsp3) is 0.562. The van der Waals surface area contributed by atoms with Gasteiger partial charge < -0.3 is 15.4 Å². The third-order valence-corrected chi connectivity index (χ3v) is 4.31. The highest BCUT2D eigenvalue weighted by Gasteiger charge is 2.34. The van der Waals surface area contributed by atoms with Crippen LogP contribution in [0.15, 0.2) is 18.2 Å². The molecule has 1 heterocycles. The van der Waals surface area contributed by atoms with Crippen molar-refractivity contribution in [3.05, 3.63) is 23.8 Å². The third kappa shape index (κ3) is 2.66. The molecule has 2 unspecified atom stereocenters. The molecule has 20 heavy (non-hydrogen) atoms. The molecule has 3 rings (SSSR count). The number of anilines is 1. The molecule has 1 aliphatic heterocycles. The lowest BCUT2D eigenvalue weighted by Crippen LogP contribution is -2.29. The van der Waals surface area contributed by atoms with Crippen molar-refractivity contribution in [1.82, 2.24) is 5.32 Å². The molecule has 0 saturated heterocycles. The number of benzene rings is 1. The molecule has 0 aromatic heterocycles. The maximum Gasteiger partial charge on any atom is 0.262 e. The summed E-state index contributed by atoms with van der Waals surface area (Å²) in [5.41, 5.74) is 2.03. The second kappa shape index (κ2) is 5.44. The van der Waals surface area contributed by atoms with Crippen LogP contribution in [0.1, 0.15) is 38.3 Å². The molecule has 2 aliphatic rings. The van der Waals surface area contributed by atoms with Crippen LogP contribution < -0.4 is 15.4 Å². The van der Waals surface area contributed by atoms with E-state index in [-0.39, 0.29) is 12.5 Å². The Hall–Kier alpha value is -1.55. The van der Waals surface area contributed by atoms with Crippen LogP contribution in [0.5, 0.6) is 5.75 Å². The van der Waals surface area contributed by atoms with Crippen LogP contribution in [0.3, 0.4) is 0 Å². The largest absolute Gasteiger partial charge is 0.482 e. The van der Waals surface area contributed by atoms with Crippen molar-refractivity contribution >= 4 is 11.6 Å². The van der Waals surface area contributed by atoms with Gasteiger partial charge in [0.25, 0.3) is 5.91 Å². The third-order valence-electron chi connectivity index (χ3n) is 4.31. The first-order valence-electron chi connectivity index (χ1n) is 7.49. The molecule has 4 heteroatoms. The summed E-state index contributed by atoms with van der Waals surface area (Å²) in [6.45, 7) is 5.51. The van der Waals surface area contributed by atoms with Gasteiger partial charge in [-0.3, -0.25) is 4.79 Å². The van der Waals surface area contributed by atoms with Crippen LogP contribution in [-0.4, -0.2) is 19.1 Å². The molecule has 1 fully saturated rings. The molecule has 108 valence electrons. The van der Waals surface area contributed by atoms with Gasteiger partial charge in [-0.2, -0.15) is 0 Å². The lowest BCUT2D eigenvalue weighted by molar-refractivity contribution is -0.118. The molecule has 4 nitrogen and oxygen atoms in total. The zero-order chi connectivity index (χ0) is 14.1. The minimum absolute atomic E-state index is 0.0788. The van der Waals surface area contributed by atoms with Crippen molar-refractivity contribution in [1.29, 1.82) is 0 Å². The SMILES string of the molecule is CCNC(c1ccc2c(c1)NC(=O)CO2)C(C)C1CC1. The number of carbonyl (C=O) groups excluding carboxylic acids is 1. The minimum atomic E-state index is -0.0788. The molecule has 2 N–H and O–H groups in total. The topological polar surface area (TPSA) is 50.4 Å². The number of ether oxygens (including phenoxy) is 1. The summed E-state index contributed by atoms with van der Waals surface area (Å²) >= 11 is 0. The summed E-state index contributed by atoms with van der Waals surface area (Å²) in [4.78, 5) is 11.4. The molecule has 0 spiro atoms. The van der Waals surface area contributed by atoms with E-state index >= 15 is 0 Å². The summed E-state index contributed by atoms with van der Waals surface area (Å²) in [6, 6.07) is 6.48. The predicted octanol–water partition coefficient (Wildman–Crippen LogP) is 2.71. The van der Waals surface area contributed by atoms with Crippen molar-refractivity contribution in [2.45, 2.75) is 32.7 Å². The van der Waals surface area contributed by atoms with Gasteiger partial charge in [0.2, 0.25) is 0 Å². The number of fused-ring (bicyclic) bond motifs is 1. The van der Waals surface area contributed by atoms with Gasteiger partial charge in [-0.25, -0.2) is 0 Å². The fourth-order valence-electron chi connectivity index (χ4n) is 3.02. The first-order chi connectivity index (χ1) is 9.69. The molecule has 1 aromatic rings. The van der Waals surface area contributed by atoms with E-state index in [0.717, 1.165) is 23.9 Å². The van der Waals surface area contributed by atoms with E-state index in [4.69, 9.17) is 4.74 Å². The summed E-state index contributed by atoms with van der Waals surface area (Å²) in [7, 11) is 0. The van der Waals surface area contributed by atoms with Crippen molar-refractivity contribution in [3.63, 3.8) is 0 Å². The van der Waals surface area contributed by atoms with Gasteiger partial charge in [0.1, 0.15) is 5.75 Å². The average molecular weight is 274 g/mol. The Labute approximate surface area is 119 Å². The predicted molar refractivity (Wildman–Crippen MR) is 78.9 cm³/mol. The number of hydrogen-bond acceptors (Lipinski definition) is 3. The van der Waals surface area contributed by atoms with Gasteiger partial charge in [0.15, 0.2) is 6.61 Å². The highest BCUT2D eigenvalue weighted by atomic mass is 16.5. The van der Waals surface area contributed by atoms with Crippen LogP contribution in [0, 0.1) is 11.8 Å². The summed E-state index contributed by atoms with van der Waals surface area (Å²) < 4.78 is 5.42.